The van der Waals surface area contributed by atoms with Crippen molar-refractivity contribution < 1.29 is 18.7 Å². The Morgan fingerprint density at radius 2 is 1.97 bits per heavy atom. The number of ether oxygens (including phenoxy) is 2. The largest absolute Gasteiger partial charge is 0.491 e. The van der Waals surface area contributed by atoms with Crippen LogP contribution >= 0.6 is 0 Å². The molecule has 0 saturated carbocycles. The smallest absolute Gasteiger partial charge is 0.235 e. The predicted molar refractivity (Wildman–Crippen MR) is 119 cm³/mol. The van der Waals surface area contributed by atoms with Gasteiger partial charge in [0.2, 0.25) is 5.91 Å². The van der Waals surface area contributed by atoms with Crippen LogP contribution in [0.1, 0.15) is 38.2 Å². The predicted octanol–water partition coefficient (Wildman–Crippen LogP) is 5.24. The molecule has 3 aromatic rings. The average molecular weight is 423 g/mol. The van der Waals surface area contributed by atoms with Crippen LogP contribution in [0.25, 0.3) is 10.9 Å². The summed E-state index contributed by atoms with van der Waals surface area (Å²) in [6.07, 6.45) is 4.56. The third-order valence-corrected chi connectivity index (χ3v) is 5.91. The van der Waals surface area contributed by atoms with E-state index in [1.54, 1.807) is 24.4 Å². The van der Waals surface area contributed by atoms with E-state index in [0.29, 0.717) is 55.2 Å². The van der Waals surface area contributed by atoms with E-state index in [1.807, 2.05) is 24.3 Å². The summed E-state index contributed by atoms with van der Waals surface area (Å²) in [5.74, 6) is 0.0911. The Labute approximate surface area is 181 Å². The summed E-state index contributed by atoms with van der Waals surface area (Å²) in [5.41, 5.74) is 0.772. The highest BCUT2D eigenvalue weighted by Crippen LogP contribution is 2.39. The van der Waals surface area contributed by atoms with Crippen molar-refractivity contribution in [3.05, 3.63) is 66.1 Å². The Bertz CT molecular complexity index is 1060. The van der Waals surface area contributed by atoms with E-state index >= 15 is 0 Å². The van der Waals surface area contributed by atoms with E-state index in [2.05, 4.69) is 17.2 Å². The minimum atomic E-state index is -0.978. The molecule has 0 unspecified atom stereocenters. The van der Waals surface area contributed by atoms with E-state index in [1.165, 1.54) is 6.07 Å². The maximum absolute atomic E-state index is 14.7. The molecule has 0 bridgehead atoms. The summed E-state index contributed by atoms with van der Waals surface area (Å²) in [7, 11) is 0. The minimum Gasteiger partial charge on any atom is -0.491 e. The topological polar surface area (TPSA) is 60.5 Å². The Hall–Kier alpha value is -2.99. The lowest BCUT2D eigenvalue weighted by Gasteiger charge is -2.36. The van der Waals surface area contributed by atoms with Gasteiger partial charge >= 0.3 is 0 Å². The summed E-state index contributed by atoms with van der Waals surface area (Å²) in [4.78, 5) is 18.1. The van der Waals surface area contributed by atoms with Crippen LogP contribution in [0.3, 0.4) is 0 Å². The van der Waals surface area contributed by atoms with Crippen molar-refractivity contribution in [1.29, 1.82) is 0 Å². The molecular formula is C25H27FN2O3. The first-order valence-electron chi connectivity index (χ1n) is 10.8. The number of carbonyl (C=O) groups is 1. The summed E-state index contributed by atoms with van der Waals surface area (Å²) >= 11 is 0. The van der Waals surface area contributed by atoms with Crippen molar-refractivity contribution in [2.75, 3.05) is 25.1 Å². The number of pyridine rings is 1. The number of rotatable bonds is 7. The molecule has 5 nitrogen and oxygen atoms in total. The van der Waals surface area contributed by atoms with Crippen LogP contribution in [0.5, 0.6) is 5.75 Å². The Kier molecular flexibility index (Phi) is 6.47. The lowest BCUT2D eigenvalue weighted by atomic mass is 9.73. The first kappa shape index (κ1) is 21.2. The van der Waals surface area contributed by atoms with Gasteiger partial charge in [0.15, 0.2) is 0 Å². The standard InChI is InChI=1S/C25H27FN2O3/c1-2-3-15-31-22-11-10-21(18-7-6-14-27-23(18)22)28-24(29)25(12-16-30-17-13-25)19-8-4-5-9-20(19)26/h4-11,14H,2-3,12-13,15-17H2,1H3,(H,28,29). The number of nitrogens with one attached hydrogen (secondary N) is 1. The molecule has 1 N–H and O–H groups in total. The maximum atomic E-state index is 14.7. The van der Waals surface area contributed by atoms with Gasteiger partial charge in [-0.25, -0.2) is 4.39 Å². The molecule has 1 aromatic heterocycles. The van der Waals surface area contributed by atoms with Crippen LogP contribution in [0.15, 0.2) is 54.7 Å². The van der Waals surface area contributed by atoms with E-state index in [4.69, 9.17) is 9.47 Å². The van der Waals surface area contributed by atoms with Gasteiger partial charge in [0.05, 0.1) is 17.7 Å². The van der Waals surface area contributed by atoms with E-state index in [0.717, 1.165) is 18.2 Å². The number of benzene rings is 2. The zero-order valence-electron chi connectivity index (χ0n) is 17.7. The van der Waals surface area contributed by atoms with Crippen molar-refractivity contribution in [2.45, 2.75) is 38.0 Å². The molecule has 0 atom stereocenters. The Morgan fingerprint density at radius 3 is 2.74 bits per heavy atom. The number of unbranched alkanes of at least 4 members (excludes halogenated alkanes) is 1. The van der Waals surface area contributed by atoms with Crippen LogP contribution in [0, 0.1) is 5.82 Å². The van der Waals surface area contributed by atoms with Gasteiger partial charge in [-0.3, -0.25) is 9.78 Å². The molecule has 1 fully saturated rings. The molecule has 162 valence electrons. The van der Waals surface area contributed by atoms with Crippen molar-refractivity contribution in [2.24, 2.45) is 0 Å². The van der Waals surface area contributed by atoms with Gasteiger partial charge in [0, 0.05) is 30.4 Å². The number of carbonyl (C=O) groups excluding carboxylic acids is 1. The van der Waals surface area contributed by atoms with Gasteiger partial charge in [-0.15, -0.1) is 0 Å². The number of halogens is 1. The number of fused-ring (bicyclic) bond motifs is 1. The molecule has 31 heavy (non-hydrogen) atoms. The third kappa shape index (κ3) is 4.26. The number of hydrogen-bond donors (Lipinski definition) is 1. The van der Waals surface area contributed by atoms with Gasteiger partial charge in [-0.1, -0.05) is 31.5 Å². The first-order chi connectivity index (χ1) is 15.2. The number of nitrogens with zero attached hydrogens (tertiary/aromatic N) is 1. The summed E-state index contributed by atoms with van der Waals surface area (Å²) in [6, 6.07) is 13.9. The van der Waals surface area contributed by atoms with Crippen LogP contribution < -0.4 is 10.1 Å². The number of aromatic nitrogens is 1. The lowest BCUT2D eigenvalue weighted by molar-refractivity contribution is -0.125. The van der Waals surface area contributed by atoms with Crippen molar-refractivity contribution in [1.82, 2.24) is 4.98 Å². The SMILES string of the molecule is CCCCOc1ccc(NC(=O)C2(c3ccccc3F)CCOCC2)c2cccnc12. The number of amides is 1. The van der Waals surface area contributed by atoms with Gasteiger partial charge in [-0.2, -0.15) is 0 Å². The molecule has 1 saturated heterocycles. The molecule has 2 aromatic carbocycles. The quantitative estimate of drug-likeness (QED) is 0.529. The number of anilines is 1. The minimum absolute atomic E-state index is 0.231. The molecular weight excluding hydrogens is 395 g/mol. The van der Waals surface area contributed by atoms with Gasteiger partial charge in [0.25, 0.3) is 0 Å². The summed E-state index contributed by atoms with van der Waals surface area (Å²) in [5, 5.41) is 3.85. The fraction of sp³-hybridized carbons (Fsp3) is 0.360. The molecule has 1 aliphatic rings. The van der Waals surface area contributed by atoms with Crippen LogP contribution in [0.4, 0.5) is 10.1 Å². The Morgan fingerprint density at radius 1 is 1.16 bits per heavy atom. The molecule has 0 aliphatic carbocycles. The third-order valence-electron chi connectivity index (χ3n) is 5.91. The zero-order chi connectivity index (χ0) is 21.7. The monoisotopic (exact) mass is 422 g/mol. The number of hydrogen-bond acceptors (Lipinski definition) is 4. The second-order valence-electron chi connectivity index (χ2n) is 7.84. The Balaban J connectivity index is 1.68. The van der Waals surface area contributed by atoms with Crippen molar-refractivity contribution in [3.8, 4) is 5.75 Å². The zero-order valence-corrected chi connectivity index (χ0v) is 17.7. The van der Waals surface area contributed by atoms with Crippen LogP contribution in [-0.4, -0.2) is 30.7 Å². The highest BCUT2D eigenvalue weighted by molar-refractivity contribution is 6.06. The molecule has 0 radical (unpaired) electrons. The molecule has 0 spiro atoms. The highest BCUT2D eigenvalue weighted by atomic mass is 19.1. The highest BCUT2D eigenvalue weighted by Gasteiger charge is 2.43. The maximum Gasteiger partial charge on any atom is 0.235 e. The van der Waals surface area contributed by atoms with Crippen molar-refractivity contribution in [3.63, 3.8) is 0 Å². The fourth-order valence-corrected chi connectivity index (χ4v) is 4.13. The molecule has 1 amide bonds. The second-order valence-corrected chi connectivity index (χ2v) is 7.84. The molecule has 2 heterocycles. The van der Waals surface area contributed by atoms with Crippen molar-refractivity contribution >= 4 is 22.5 Å². The summed E-state index contributed by atoms with van der Waals surface area (Å²) < 4.78 is 26.1. The normalized spacial score (nSPS) is 15.5. The van der Waals surface area contributed by atoms with Gasteiger partial charge in [0.1, 0.15) is 17.1 Å². The van der Waals surface area contributed by atoms with E-state index in [-0.39, 0.29) is 11.7 Å². The summed E-state index contributed by atoms with van der Waals surface area (Å²) in [6.45, 7) is 3.55. The van der Waals surface area contributed by atoms with Crippen LogP contribution in [-0.2, 0) is 14.9 Å². The second kappa shape index (κ2) is 9.43. The fourth-order valence-electron chi connectivity index (χ4n) is 4.13. The van der Waals surface area contributed by atoms with E-state index < -0.39 is 5.41 Å². The van der Waals surface area contributed by atoms with Gasteiger partial charge < -0.3 is 14.8 Å². The van der Waals surface area contributed by atoms with Crippen LogP contribution in [0.2, 0.25) is 0 Å². The lowest BCUT2D eigenvalue weighted by Crippen LogP contribution is -2.45. The first-order valence-corrected chi connectivity index (χ1v) is 10.8. The molecule has 4 rings (SSSR count). The average Bonchev–Trinajstić information content (AvgIpc) is 2.81. The van der Waals surface area contributed by atoms with E-state index in [9.17, 15) is 9.18 Å². The molecule has 1 aliphatic heterocycles. The van der Waals surface area contributed by atoms with Gasteiger partial charge in [-0.05, 0) is 49.6 Å². The molecule has 6 heteroatoms.